The van der Waals surface area contributed by atoms with Gasteiger partial charge in [-0.2, -0.15) is 13.2 Å². The highest BCUT2D eigenvalue weighted by Crippen LogP contribution is 2.47. The summed E-state index contributed by atoms with van der Waals surface area (Å²) < 4.78 is 55.5. The fourth-order valence-corrected chi connectivity index (χ4v) is 6.07. The molecule has 5 rings (SSSR count). The number of aromatic amines is 1. The number of carbonyl (C=O) groups is 1. The van der Waals surface area contributed by atoms with Crippen molar-refractivity contribution in [2.24, 2.45) is 0 Å². The summed E-state index contributed by atoms with van der Waals surface area (Å²) >= 11 is 0. The van der Waals surface area contributed by atoms with Gasteiger partial charge in [-0.1, -0.05) is 66.7 Å². The van der Waals surface area contributed by atoms with Crippen molar-refractivity contribution in [1.29, 1.82) is 0 Å². The molecule has 1 aliphatic heterocycles. The summed E-state index contributed by atoms with van der Waals surface area (Å²) in [4.78, 5) is 38.6. The number of hydrogen-bond donors (Lipinski definition) is 4. The van der Waals surface area contributed by atoms with Gasteiger partial charge in [0.2, 0.25) is 0 Å². The lowest BCUT2D eigenvalue weighted by atomic mass is 9.64. The van der Waals surface area contributed by atoms with Crippen LogP contribution in [0.1, 0.15) is 34.9 Å². The van der Waals surface area contributed by atoms with Gasteiger partial charge in [0.05, 0.1) is 31.3 Å². The van der Waals surface area contributed by atoms with Crippen LogP contribution in [0.5, 0.6) is 11.5 Å². The lowest BCUT2D eigenvalue weighted by Crippen LogP contribution is -2.51. The van der Waals surface area contributed by atoms with Gasteiger partial charge in [-0.05, 0) is 41.0 Å². The van der Waals surface area contributed by atoms with Crippen LogP contribution in [0.15, 0.2) is 101 Å². The maximum absolute atomic E-state index is 12.9. The molecular weight excluding hydrogens is 647 g/mol. The maximum Gasteiger partial charge on any atom is 0.471 e. The summed E-state index contributed by atoms with van der Waals surface area (Å²) in [5, 5.41) is 25.6. The Labute approximate surface area is 278 Å². The van der Waals surface area contributed by atoms with E-state index < -0.39 is 59.8 Å². The van der Waals surface area contributed by atoms with E-state index in [1.54, 1.807) is 53.8 Å². The van der Waals surface area contributed by atoms with E-state index in [2.05, 4.69) is 4.98 Å². The Morgan fingerprint density at radius 1 is 0.980 bits per heavy atom. The molecule has 3 aromatic carbocycles. The summed E-state index contributed by atoms with van der Waals surface area (Å²) in [6.07, 6.45) is -7.04. The highest BCUT2D eigenvalue weighted by atomic mass is 19.4. The Morgan fingerprint density at radius 3 is 2.06 bits per heavy atom. The highest BCUT2D eigenvalue weighted by Gasteiger charge is 2.52. The number of aliphatic hydroxyl groups is 2. The molecule has 1 aromatic heterocycles. The van der Waals surface area contributed by atoms with Crippen LogP contribution in [0.3, 0.4) is 0 Å². The van der Waals surface area contributed by atoms with Gasteiger partial charge in [0.1, 0.15) is 29.9 Å². The zero-order chi connectivity index (χ0) is 35.3. The predicted molar refractivity (Wildman–Crippen MR) is 172 cm³/mol. The Hall–Kier alpha value is -5.18. The molecule has 2 heterocycles. The number of hydrogen-bond acceptors (Lipinski definition) is 8. The van der Waals surface area contributed by atoms with Gasteiger partial charge in [0.15, 0.2) is 0 Å². The van der Waals surface area contributed by atoms with Gasteiger partial charge < -0.3 is 29.7 Å². The number of nitrogens with zero attached hydrogens (tertiary/aromatic N) is 1. The molecule has 0 spiro atoms. The van der Waals surface area contributed by atoms with E-state index in [0.29, 0.717) is 28.2 Å². The van der Waals surface area contributed by atoms with Crippen LogP contribution in [-0.2, 0) is 14.9 Å². The number of alkyl halides is 3. The SMILES string of the molecule is COc1ccc(C(c2ccccc2)(c2ccc(OC)cc2)C(O)[C@H]2O[C@@H](n3cc(C=CCNC(=O)C(F)(F)F)c(=O)[nH]c3=O)C[C@@H]2O)cc1. The van der Waals surface area contributed by atoms with E-state index in [0.717, 1.165) is 22.9 Å². The molecular formula is C35H34F3N3O8. The smallest absolute Gasteiger partial charge is 0.471 e. The van der Waals surface area contributed by atoms with Gasteiger partial charge in [0.25, 0.3) is 5.56 Å². The molecule has 11 nitrogen and oxygen atoms in total. The third-order valence-electron chi connectivity index (χ3n) is 8.45. The van der Waals surface area contributed by atoms with Crippen molar-refractivity contribution < 1.29 is 42.4 Å². The Morgan fingerprint density at radius 2 is 1.53 bits per heavy atom. The zero-order valence-corrected chi connectivity index (χ0v) is 26.4. The molecule has 49 heavy (non-hydrogen) atoms. The lowest BCUT2D eigenvalue weighted by molar-refractivity contribution is -0.173. The van der Waals surface area contributed by atoms with Crippen molar-refractivity contribution in [3.8, 4) is 11.5 Å². The average Bonchev–Trinajstić information content (AvgIpc) is 3.49. The fraction of sp³-hybridized carbons (Fsp3) is 0.286. The first-order valence-corrected chi connectivity index (χ1v) is 15.1. The molecule has 0 saturated carbocycles. The zero-order valence-electron chi connectivity index (χ0n) is 26.4. The first-order valence-electron chi connectivity index (χ1n) is 15.1. The maximum atomic E-state index is 12.9. The number of aromatic nitrogens is 2. The third-order valence-corrected chi connectivity index (χ3v) is 8.45. The van der Waals surface area contributed by atoms with Crippen LogP contribution in [-0.4, -0.2) is 70.9 Å². The van der Waals surface area contributed by atoms with Crippen LogP contribution < -0.4 is 26.0 Å². The monoisotopic (exact) mass is 681 g/mol. The van der Waals surface area contributed by atoms with Gasteiger partial charge >= 0.3 is 17.8 Å². The largest absolute Gasteiger partial charge is 0.497 e. The van der Waals surface area contributed by atoms with Crippen LogP contribution in [0.2, 0.25) is 0 Å². The predicted octanol–water partition coefficient (Wildman–Crippen LogP) is 3.29. The van der Waals surface area contributed by atoms with E-state index in [1.807, 2.05) is 30.3 Å². The summed E-state index contributed by atoms with van der Waals surface area (Å²) in [5.74, 6) is -0.987. The molecule has 4 aromatic rings. The number of methoxy groups -OCH3 is 2. The van der Waals surface area contributed by atoms with E-state index in [9.17, 15) is 37.8 Å². The van der Waals surface area contributed by atoms with Crippen molar-refractivity contribution in [3.05, 3.63) is 134 Å². The molecule has 1 unspecified atom stereocenters. The number of amides is 1. The normalized spacial score (nSPS) is 18.7. The van der Waals surface area contributed by atoms with E-state index in [1.165, 1.54) is 14.2 Å². The molecule has 1 amide bonds. The minimum absolute atomic E-state index is 0.127. The van der Waals surface area contributed by atoms with Crippen LogP contribution in [0.4, 0.5) is 13.2 Å². The Balaban J connectivity index is 1.54. The highest BCUT2D eigenvalue weighted by molar-refractivity contribution is 5.81. The minimum atomic E-state index is -5.07. The molecule has 0 aliphatic carbocycles. The first-order chi connectivity index (χ1) is 23.4. The van der Waals surface area contributed by atoms with Gasteiger partial charge in [-0.3, -0.25) is 19.1 Å². The van der Waals surface area contributed by atoms with Crippen molar-refractivity contribution in [2.75, 3.05) is 20.8 Å². The number of carbonyl (C=O) groups excluding carboxylic acids is 1. The number of benzene rings is 3. The van der Waals surface area contributed by atoms with Gasteiger partial charge in [-0.25, -0.2) is 4.79 Å². The summed E-state index contributed by atoms with van der Waals surface area (Å²) in [7, 11) is 3.07. The quantitative estimate of drug-likeness (QED) is 0.176. The fourth-order valence-electron chi connectivity index (χ4n) is 6.07. The number of halogens is 3. The van der Waals surface area contributed by atoms with Crippen molar-refractivity contribution >= 4 is 12.0 Å². The van der Waals surface area contributed by atoms with Gasteiger partial charge in [-0.15, -0.1) is 0 Å². The average molecular weight is 682 g/mol. The summed E-state index contributed by atoms with van der Waals surface area (Å²) in [6, 6.07) is 23.4. The number of H-pyrrole nitrogens is 1. The minimum Gasteiger partial charge on any atom is -0.497 e. The van der Waals surface area contributed by atoms with Crippen molar-refractivity contribution in [3.63, 3.8) is 0 Å². The van der Waals surface area contributed by atoms with E-state index in [-0.39, 0.29) is 12.0 Å². The Bertz CT molecular complexity index is 1840. The molecule has 0 bridgehead atoms. The summed E-state index contributed by atoms with van der Waals surface area (Å²) in [6.45, 7) is -0.540. The molecule has 258 valence electrons. The molecule has 4 N–H and O–H groups in total. The molecule has 1 saturated heterocycles. The summed E-state index contributed by atoms with van der Waals surface area (Å²) in [5.41, 5.74) is -1.23. The van der Waals surface area contributed by atoms with E-state index >= 15 is 0 Å². The molecule has 1 fully saturated rings. The molecule has 0 radical (unpaired) electrons. The molecule has 1 aliphatic rings. The third kappa shape index (κ3) is 7.16. The number of rotatable bonds is 11. The number of ether oxygens (including phenoxy) is 3. The number of nitrogens with one attached hydrogen (secondary N) is 2. The topological polar surface area (TPSA) is 152 Å². The molecule has 4 atom stereocenters. The lowest BCUT2D eigenvalue weighted by Gasteiger charge is -2.43. The Kier molecular flexibility index (Phi) is 10.4. The second kappa shape index (κ2) is 14.5. The standard InChI is InChI=1S/C35H34F3N3O8/c1-47-25-14-10-23(11-15-25)34(22-8-4-3-5-9-22,24-12-16-26(48-2)17-13-24)30(43)29-27(42)19-28(49-29)41-20-21(31(44)40-33(41)46)7-6-18-39-32(45)35(36,37)38/h3-17,20,27-30,42-43H,18-19H2,1-2H3,(H,39,45)(H,40,44,46)/t27-,28+,29-,30?/m0/s1. The van der Waals surface area contributed by atoms with Crippen LogP contribution in [0, 0.1) is 0 Å². The molecule has 14 heteroatoms. The first kappa shape index (κ1) is 35.1. The second-order valence-electron chi connectivity index (χ2n) is 11.3. The second-order valence-corrected chi connectivity index (χ2v) is 11.3. The van der Waals surface area contributed by atoms with E-state index in [4.69, 9.17) is 14.2 Å². The van der Waals surface area contributed by atoms with Crippen molar-refractivity contribution in [1.82, 2.24) is 14.9 Å². The van der Waals surface area contributed by atoms with Crippen LogP contribution in [0.25, 0.3) is 6.08 Å². The van der Waals surface area contributed by atoms with Crippen LogP contribution >= 0.6 is 0 Å². The van der Waals surface area contributed by atoms with Gasteiger partial charge in [0, 0.05) is 19.2 Å². The number of aliphatic hydroxyl groups excluding tert-OH is 2. The van der Waals surface area contributed by atoms with Crippen molar-refractivity contribution in [2.45, 2.75) is 42.6 Å².